The number of anilines is 1. The topological polar surface area (TPSA) is 48.9 Å². The minimum Gasteiger partial charge on any atom is -0.492 e. The quantitative estimate of drug-likeness (QED) is 0.449. The molecule has 0 bridgehead atoms. The average molecular weight is 367 g/mol. The van der Waals surface area contributed by atoms with E-state index in [-0.39, 0.29) is 0 Å². The number of aryl methyl sites for hydroxylation is 1. The van der Waals surface area contributed by atoms with E-state index in [0.29, 0.717) is 19.1 Å². The molecular formula is C22H30N4O. The number of nitrogens with zero attached hydrogens (tertiary/aromatic N) is 2. The minimum absolute atomic E-state index is 0.606. The van der Waals surface area contributed by atoms with Crippen molar-refractivity contribution in [1.29, 1.82) is 0 Å². The van der Waals surface area contributed by atoms with Crippen LogP contribution in [0, 0.1) is 12.8 Å². The lowest BCUT2D eigenvalue weighted by molar-refractivity contribution is 0.321. The van der Waals surface area contributed by atoms with Gasteiger partial charge < -0.3 is 20.3 Å². The van der Waals surface area contributed by atoms with E-state index in [1.807, 2.05) is 12.1 Å². The largest absolute Gasteiger partial charge is 0.492 e. The van der Waals surface area contributed by atoms with Gasteiger partial charge in [-0.25, -0.2) is 0 Å². The van der Waals surface area contributed by atoms with Gasteiger partial charge in [0.15, 0.2) is 5.96 Å². The third-order valence-electron chi connectivity index (χ3n) is 4.87. The second-order valence-electron chi connectivity index (χ2n) is 6.98. The number of ether oxygens (including phenoxy) is 1. The molecule has 0 spiro atoms. The van der Waals surface area contributed by atoms with Crippen LogP contribution in [0.1, 0.15) is 12.0 Å². The van der Waals surface area contributed by atoms with Crippen molar-refractivity contribution in [2.75, 3.05) is 44.7 Å². The molecule has 2 aromatic carbocycles. The summed E-state index contributed by atoms with van der Waals surface area (Å²) >= 11 is 0. The van der Waals surface area contributed by atoms with Crippen LogP contribution in [0.25, 0.3) is 0 Å². The van der Waals surface area contributed by atoms with Crippen LogP contribution in [0.15, 0.2) is 59.6 Å². The summed E-state index contributed by atoms with van der Waals surface area (Å²) in [5.41, 5.74) is 2.55. The zero-order valence-corrected chi connectivity index (χ0v) is 16.3. The van der Waals surface area contributed by atoms with Crippen LogP contribution in [-0.4, -0.2) is 45.8 Å². The van der Waals surface area contributed by atoms with Gasteiger partial charge in [-0.1, -0.05) is 35.9 Å². The Bertz CT molecular complexity index is 715. The lowest BCUT2D eigenvalue weighted by Crippen LogP contribution is -2.41. The maximum absolute atomic E-state index is 5.74. The Morgan fingerprint density at radius 3 is 2.63 bits per heavy atom. The van der Waals surface area contributed by atoms with E-state index in [9.17, 15) is 0 Å². The number of rotatable bonds is 7. The number of benzene rings is 2. The molecule has 1 heterocycles. The maximum Gasteiger partial charge on any atom is 0.191 e. The molecule has 2 aromatic rings. The van der Waals surface area contributed by atoms with Crippen LogP contribution >= 0.6 is 0 Å². The first-order chi connectivity index (χ1) is 13.2. The molecule has 0 radical (unpaired) electrons. The highest BCUT2D eigenvalue weighted by Crippen LogP contribution is 2.22. The predicted molar refractivity (Wildman–Crippen MR) is 113 cm³/mol. The fourth-order valence-corrected chi connectivity index (χ4v) is 3.31. The number of guanidine groups is 1. The molecule has 0 aromatic heterocycles. The second-order valence-corrected chi connectivity index (χ2v) is 6.98. The molecule has 2 N–H and O–H groups in total. The second kappa shape index (κ2) is 9.86. The van der Waals surface area contributed by atoms with Gasteiger partial charge in [0.2, 0.25) is 0 Å². The van der Waals surface area contributed by atoms with Crippen LogP contribution in [0.5, 0.6) is 5.75 Å². The summed E-state index contributed by atoms with van der Waals surface area (Å²) in [5, 5.41) is 6.76. The molecule has 1 saturated heterocycles. The zero-order chi connectivity index (χ0) is 18.9. The summed E-state index contributed by atoms with van der Waals surface area (Å²) in [4.78, 5) is 6.76. The molecule has 0 aliphatic carbocycles. The van der Waals surface area contributed by atoms with Crippen molar-refractivity contribution in [3.05, 3.63) is 60.2 Å². The molecule has 1 fully saturated rings. The maximum atomic E-state index is 5.74. The van der Waals surface area contributed by atoms with Crippen molar-refractivity contribution < 1.29 is 4.74 Å². The molecule has 144 valence electrons. The summed E-state index contributed by atoms with van der Waals surface area (Å²) < 4.78 is 5.74. The van der Waals surface area contributed by atoms with Crippen molar-refractivity contribution in [2.45, 2.75) is 13.3 Å². The third-order valence-corrected chi connectivity index (χ3v) is 4.87. The lowest BCUT2D eigenvalue weighted by atomic mass is 10.1. The molecule has 5 nitrogen and oxygen atoms in total. The first kappa shape index (κ1) is 19.1. The normalized spacial score (nSPS) is 17.0. The molecule has 1 unspecified atom stereocenters. The summed E-state index contributed by atoms with van der Waals surface area (Å²) in [7, 11) is 1.81. The van der Waals surface area contributed by atoms with E-state index in [0.717, 1.165) is 31.3 Å². The van der Waals surface area contributed by atoms with Crippen molar-refractivity contribution in [1.82, 2.24) is 10.6 Å². The Morgan fingerprint density at radius 2 is 1.89 bits per heavy atom. The van der Waals surface area contributed by atoms with Crippen LogP contribution in [0.4, 0.5) is 5.69 Å². The number of nitrogens with one attached hydrogen (secondary N) is 2. The van der Waals surface area contributed by atoms with Gasteiger partial charge in [0.1, 0.15) is 12.4 Å². The van der Waals surface area contributed by atoms with Crippen molar-refractivity contribution in [2.24, 2.45) is 10.9 Å². The highest BCUT2D eigenvalue weighted by Gasteiger charge is 2.22. The third kappa shape index (κ3) is 5.91. The highest BCUT2D eigenvalue weighted by molar-refractivity contribution is 5.79. The van der Waals surface area contributed by atoms with Gasteiger partial charge in [0.25, 0.3) is 0 Å². The Labute approximate surface area is 162 Å². The number of aliphatic imine (C=N–C) groups is 1. The van der Waals surface area contributed by atoms with Gasteiger partial charge in [0, 0.05) is 32.4 Å². The zero-order valence-electron chi connectivity index (χ0n) is 16.3. The summed E-state index contributed by atoms with van der Waals surface area (Å²) in [6, 6.07) is 18.8. The number of hydrogen-bond donors (Lipinski definition) is 2. The van der Waals surface area contributed by atoms with E-state index >= 15 is 0 Å². The van der Waals surface area contributed by atoms with Gasteiger partial charge in [0.05, 0.1) is 6.54 Å². The Balaban J connectivity index is 1.34. The Kier molecular flexibility index (Phi) is 6.97. The van der Waals surface area contributed by atoms with Crippen LogP contribution in [0.3, 0.4) is 0 Å². The van der Waals surface area contributed by atoms with E-state index in [1.54, 1.807) is 7.05 Å². The van der Waals surface area contributed by atoms with E-state index in [4.69, 9.17) is 4.74 Å². The molecule has 5 heteroatoms. The van der Waals surface area contributed by atoms with Gasteiger partial charge in [-0.2, -0.15) is 0 Å². The minimum atomic E-state index is 0.606. The molecule has 0 saturated carbocycles. The van der Waals surface area contributed by atoms with Crippen LogP contribution in [0.2, 0.25) is 0 Å². The van der Waals surface area contributed by atoms with Crippen LogP contribution in [-0.2, 0) is 0 Å². The SMILES string of the molecule is CN=C(NCCOc1ccc(C)cc1)NCC1CCN(c2ccccc2)C1. The van der Waals surface area contributed by atoms with Gasteiger partial charge in [-0.05, 0) is 43.5 Å². The summed E-state index contributed by atoms with van der Waals surface area (Å²) in [5.74, 6) is 2.37. The van der Waals surface area contributed by atoms with Gasteiger partial charge in [-0.3, -0.25) is 4.99 Å². The molecule has 0 amide bonds. The van der Waals surface area contributed by atoms with E-state index in [2.05, 4.69) is 69.9 Å². The van der Waals surface area contributed by atoms with E-state index in [1.165, 1.54) is 17.7 Å². The standard InChI is InChI=1S/C22H30N4O/c1-18-8-10-21(11-9-18)27-15-13-24-22(23-2)25-16-19-12-14-26(17-19)20-6-4-3-5-7-20/h3-11,19H,12-17H2,1-2H3,(H2,23,24,25). The summed E-state index contributed by atoms with van der Waals surface area (Å²) in [6.45, 7) is 6.53. The fraction of sp³-hybridized carbons (Fsp3) is 0.409. The predicted octanol–water partition coefficient (Wildman–Crippen LogP) is 3.07. The molecule has 27 heavy (non-hydrogen) atoms. The first-order valence-corrected chi connectivity index (χ1v) is 9.68. The smallest absolute Gasteiger partial charge is 0.191 e. The van der Waals surface area contributed by atoms with Crippen molar-refractivity contribution >= 4 is 11.6 Å². The summed E-state index contributed by atoms with van der Waals surface area (Å²) in [6.07, 6.45) is 1.20. The first-order valence-electron chi connectivity index (χ1n) is 9.68. The monoisotopic (exact) mass is 366 g/mol. The van der Waals surface area contributed by atoms with Gasteiger partial charge >= 0.3 is 0 Å². The van der Waals surface area contributed by atoms with Crippen molar-refractivity contribution in [3.8, 4) is 5.75 Å². The van der Waals surface area contributed by atoms with Crippen molar-refractivity contribution in [3.63, 3.8) is 0 Å². The Hall–Kier alpha value is -2.69. The molecule has 3 rings (SSSR count). The number of para-hydroxylation sites is 1. The lowest BCUT2D eigenvalue weighted by Gasteiger charge is -2.19. The molecular weight excluding hydrogens is 336 g/mol. The Morgan fingerprint density at radius 1 is 1.11 bits per heavy atom. The average Bonchev–Trinajstić information content (AvgIpc) is 3.18. The van der Waals surface area contributed by atoms with Crippen LogP contribution < -0.4 is 20.3 Å². The molecule has 1 aliphatic heterocycles. The highest BCUT2D eigenvalue weighted by atomic mass is 16.5. The number of hydrogen-bond acceptors (Lipinski definition) is 3. The fourth-order valence-electron chi connectivity index (χ4n) is 3.31. The van der Waals surface area contributed by atoms with E-state index < -0.39 is 0 Å². The van der Waals surface area contributed by atoms with Gasteiger partial charge in [-0.15, -0.1) is 0 Å². The molecule has 1 aliphatic rings. The molecule has 1 atom stereocenters.